The minimum Gasteiger partial charge on any atom is -0.494 e. The lowest BCUT2D eigenvalue weighted by atomic mass is 9.90. The summed E-state index contributed by atoms with van der Waals surface area (Å²) >= 11 is 0. The molecule has 2 heterocycles. The van der Waals surface area contributed by atoms with Gasteiger partial charge in [-0.25, -0.2) is 9.96 Å². The smallest absolute Gasteiger partial charge is 0.266 e. The quantitative estimate of drug-likeness (QED) is 0.294. The maximum Gasteiger partial charge on any atom is 0.266 e. The van der Waals surface area contributed by atoms with E-state index in [0.717, 1.165) is 24.1 Å². The fourth-order valence-electron chi connectivity index (χ4n) is 5.03. The maximum absolute atomic E-state index is 13.9. The van der Waals surface area contributed by atoms with E-state index in [2.05, 4.69) is 0 Å². The molecule has 3 aromatic carbocycles. The van der Waals surface area contributed by atoms with Gasteiger partial charge in [0, 0.05) is 0 Å². The van der Waals surface area contributed by atoms with Crippen molar-refractivity contribution < 1.29 is 28.6 Å². The summed E-state index contributed by atoms with van der Waals surface area (Å²) in [6.07, 6.45) is 0.806. The third-order valence-electron chi connectivity index (χ3n) is 6.76. The van der Waals surface area contributed by atoms with Crippen LogP contribution in [0.3, 0.4) is 0 Å². The lowest BCUT2D eigenvalue weighted by Crippen LogP contribution is -2.37. The van der Waals surface area contributed by atoms with Crippen molar-refractivity contribution in [1.29, 1.82) is 0 Å². The van der Waals surface area contributed by atoms with Crippen molar-refractivity contribution in [3.8, 4) is 17.2 Å². The first-order chi connectivity index (χ1) is 19.1. The lowest BCUT2D eigenvalue weighted by Gasteiger charge is -2.29. The zero-order chi connectivity index (χ0) is 27.4. The highest BCUT2D eigenvalue weighted by molar-refractivity contribution is 6.23. The van der Waals surface area contributed by atoms with E-state index < -0.39 is 18.1 Å². The van der Waals surface area contributed by atoms with E-state index in [-0.39, 0.29) is 11.8 Å². The molecule has 0 unspecified atom stereocenters. The van der Waals surface area contributed by atoms with E-state index in [0.29, 0.717) is 42.8 Å². The van der Waals surface area contributed by atoms with Crippen molar-refractivity contribution in [3.63, 3.8) is 0 Å². The summed E-state index contributed by atoms with van der Waals surface area (Å²) in [4.78, 5) is 35.1. The average molecular weight is 531 g/mol. The van der Waals surface area contributed by atoms with Crippen molar-refractivity contribution in [2.75, 3.05) is 29.8 Å². The average Bonchev–Trinajstić information content (AvgIpc) is 3.47. The van der Waals surface area contributed by atoms with Crippen molar-refractivity contribution in [2.45, 2.75) is 45.8 Å². The standard InChI is InChI=1S/C31H34N2O6/c1-4-18-37-24-15-13-22(14-16-24)32-30(34)27-28(21-12-17-25(38-19-5-2)26(20-21)36-6-3)33(39-29(27)31(32)35)23-10-8-7-9-11-23/h7-17,20,27-29H,4-6,18-19H2,1-3H3/t27-,28+,29+/m1/s1. The Labute approximate surface area is 229 Å². The molecule has 39 heavy (non-hydrogen) atoms. The molecule has 5 rings (SSSR count). The van der Waals surface area contributed by atoms with E-state index in [1.165, 1.54) is 4.90 Å². The fraction of sp³-hybridized carbons (Fsp3) is 0.355. The van der Waals surface area contributed by atoms with Crippen LogP contribution in [0.5, 0.6) is 17.2 Å². The first-order valence-electron chi connectivity index (χ1n) is 13.6. The van der Waals surface area contributed by atoms with E-state index in [1.807, 2.05) is 69.3 Å². The van der Waals surface area contributed by atoms with Crippen molar-refractivity contribution >= 4 is 23.2 Å². The van der Waals surface area contributed by atoms with Crippen LogP contribution in [0.4, 0.5) is 11.4 Å². The summed E-state index contributed by atoms with van der Waals surface area (Å²) in [5.41, 5.74) is 2.05. The van der Waals surface area contributed by atoms with Gasteiger partial charge < -0.3 is 14.2 Å². The molecule has 2 saturated heterocycles. The van der Waals surface area contributed by atoms with Crippen molar-refractivity contribution in [3.05, 3.63) is 78.4 Å². The topological polar surface area (TPSA) is 77.5 Å². The number of amides is 2. The number of benzene rings is 3. The van der Waals surface area contributed by atoms with Gasteiger partial charge in [-0.05, 0) is 73.9 Å². The molecule has 0 bridgehead atoms. The molecule has 2 aliphatic heterocycles. The molecular weight excluding hydrogens is 496 g/mol. The second-order valence-electron chi connectivity index (χ2n) is 9.50. The molecule has 2 aliphatic rings. The molecule has 3 aromatic rings. The number of nitrogens with zero attached hydrogens (tertiary/aromatic N) is 2. The zero-order valence-electron chi connectivity index (χ0n) is 22.5. The highest BCUT2D eigenvalue weighted by Crippen LogP contribution is 2.48. The Hall–Kier alpha value is -4.04. The molecule has 0 radical (unpaired) electrons. The maximum atomic E-state index is 13.9. The number of hydroxylamine groups is 1. The van der Waals surface area contributed by atoms with Crippen LogP contribution >= 0.6 is 0 Å². The molecule has 8 heteroatoms. The number of hydrogen-bond donors (Lipinski definition) is 0. The van der Waals surface area contributed by atoms with Crippen molar-refractivity contribution in [1.82, 2.24) is 0 Å². The summed E-state index contributed by atoms with van der Waals surface area (Å²) in [6.45, 7) is 7.62. The minimum absolute atomic E-state index is 0.306. The molecular formula is C31H34N2O6. The van der Waals surface area contributed by atoms with Gasteiger partial charge in [-0.15, -0.1) is 0 Å². The summed E-state index contributed by atoms with van der Waals surface area (Å²) in [6, 6.07) is 21.6. The van der Waals surface area contributed by atoms with Gasteiger partial charge in [0.05, 0.1) is 37.2 Å². The number of imide groups is 1. The Morgan fingerprint density at radius 2 is 1.46 bits per heavy atom. The van der Waals surface area contributed by atoms with Crippen LogP contribution < -0.4 is 24.2 Å². The van der Waals surface area contributed by atoms with Gasteiger partial charge in [0.25, 0.3) is 5.91 Å². The Balaban J connectivity index is 1.51. The lowest BCUT2D eigenvalue weighted by molar-refractivity contribution is -0.126. The second-order valence-corrected chi connectivity index (χ2v) is 9.50. The Bertz CT molecular complexity index is 1300. The number of carbonyl (C=O) groups is 2. The predicted octanol–water partition coefficient (Wildman–Crippen LogP) is 5.71. The predicted molar refractivity (Wildman–Crippen MR) is 148 cm³/mol. The molecule has 0 saturated carbocycles. The third kappa shape index (κ3) is 5.16. The van der Waals surface area contributed by atoms with Crippen LogP contribution in [0.15, 0.2) is 72.8 Å². The number of para-hydroxylation sites is 1. The van der Waals surface area contributed by atoms with Crippen LogP contribution in [0, 0.1) is 5.92 Å². The van der Waals surface area contributed by atoms with Crippen LogP contribution in [-0.2, 0) is 14.4 Å². The first kappa shape index (κ1) is 26.6. The summed E-state index contributed by atoms with van der Waals surface area (Å²) in [5.74, 6) is 0.494. The largest absolute Gasteiger partial charge is 0.494 e. The van der Waals surface area contributed by atoms with Crippen LogP contribution in [-0.4, -0.2) is 37.7 Å². The van der Waals surface area contributed by atoms with E-state index in [1.54, 1.807) is 29.3 Å². The van der Waals surface area contributed by atoms with Gasteiger partial charge in [0.1, 0.15) is 11.7 Å². The van der Waals surface area contributed by atoms with Gasteiger partial charge in [-0.2, -0.15) is 0 Å². The molecule has 0 aliphatic carbocycles. The molecule has 0 spiro atoms. The summed E-state index contributed by atoms with van der Waals surface area (Å²) in [7, 11) is 0. The third-order valence-corrected chi connectivity index (χ3v) is 6.76. The Kier molecular flexibility index (Phi) is 8.02. The van der Waals surface area contributed by atoms with Crippen LogP contribution in [0.2, 0.25) is 0 Å². The van der Waals surface area contributed by atoms with Gasteiger partial charge >= 0.3 is 0 Å². The molecule has 3 atom stereocenters. The number of carbonyl (C=O) groups excluding carboxylic acids is 2. The number of hydrogen-bond acceptors (Lipinski definition) is 7. The SMILES string of the molecule is CCCOc1ccc(N2C(=O)[C@H]3[C@H](ON(c4ccccc4)[C@H]3c3ccc(OCCC)c(OCC)c3)C2=O)cc1. The van der Waals surface area contributed by atoms with Gasteiger partial charge in [-0.1, -0.05) is 38.1 Å². The molecule has 8 nitrogen and oxygen atoms in total. The van der Waals surface area contributed by atoms with Gasteiger partial charge in [0.2, 0.25) is 5.91 Å². The van der Waals surface area contributed by atoms with Gasteiger partial charge in [0.15, 0.2) is 17.6 Å². The highest BCUT2D eigenvalue weighted by atomic mass is 16.7. The number of rotatable bonds is 11. The number of anilines is 2. The number of fused-ring (bicyclic) bond motifs is 1. The fourth-order valence-corrected chi connectivity index (χ4v) is 5.03. The van der Waals surface area contributed by atoms with Gasteiger partial charge in [-0.3, -0.25) is 14.4 Å². The highest BCUT2D eigenvalue weighted by Gasteiger charge is 2.60. The number of ether oxygens (including phenoxy) is 3. The van der Waals surface area contributed by atoms with E-state index in [4.69, 9.17) is 19.0 Å². The summed E-state index contributed by atoms with van der Waals surface area (Å²) < 4.78 is 17.5. The van der Waals surface area contributed by atoms with E-state index in [9.17, 15) is 9.59 Å². The molecule has 2 fully saturated rings. The molecule has 2 amide bonds. The normalized spacial score (nSPS) is 20.3. The van der Waals surface area contributed by atoms with Crippen molar-refractivity contribution in [2.24, 2.45) is 5.92 Å². The first-order valence-corrected chi connectivity index (χ1v) is 13.6. The summed E-state index contributed by atoms with van der Waals surface area (Å²) in [5, 5.41) is 1.68. The molecule has 0 N–H and O–H groups in total. The minimum atomic E-state index is -0.953. The van der Waals surface area contributed by atoms with Crippen LogP contribution in [0.25, 0.3) is 0 Å². The second kappa shape index (κ2) is 11.8. The Morgan fingerprint density at radius 1 is 0.744 bits per heavy atom. The van der Waals surface area contributed by atoms with E-state index >= 15 is 0 Å². The van der Waals surface area contributed by atoms with Crippen LogP contribution in [0.1, 0.15) is 45.2 Å². The Morgan fingerprint density at radius 3 is 2.15 bits per heavy atom. The molecule has 0 aromatic heterocycles. The molecule has 204 valence electrons. The zero-order valence-corrected chi connectivity index (χ0v) is 22.5. The monoisotopic (exact) mass is 530 g/mol.